The van der Waals surface area contributed by atoms with E-state index in [1.165, 1.54) is 11.1 Å². The van der Waals surface area contributed by atoms with Gasteiger partial charge in [0.1, 0.15) is 18.5 Å². The van der Waals surface area contributed by atoms with Crippen molar-refractivity contribution in [2.24, 2.45) is 0 Å². The Morgan fingerprint density at radius 1 is 1.16 bits per heavy atom. The van der Waals surface area contributed by atoms with Gasteiger partial charge in [-0.05, 0) is 36.6 Å². The highest BCUT2D eigenvalue weighted by atomic mass is 16.3. The molecule has 0 spiro atoms. The molecule has 1 aliphatic rings. The van der Waals surface area contributed by atoms with Crippen LogP contribution in [0.2, 0.25) is 0 Å². The summed E-state index contributed by atoms with van der Waals surface area (Å²) in [7, 11) is 0. The number of aliphatic hydroxyl groups excluding tert-OH is 1. The molecule has 1 N–H and O–H groups in total. The molecule has 3 aromatic rings. The Bertz CT molecular complexity index is 930. The molecule has 1 aromatic heterocycles. The number of benzene rings is 2. The van der Waals surface area contributed by atoms with E-state index in [9.17, 15) is 9.90 Å². The van der Waals surface area contributed by atoms with Crippen molar-refractivity contribution in [1.29, 1.82) is 0 Å². The molecule has 0 fully saturated rings. The number of aromatic nitrogens is 2. The number of para-hydroxylation sites is 2. The number of rotatable bonds is 3. The third-order valence-corrected chi connectivity index (χ3v) is 4.83. The van der Waals surface area contributed by atoms with Crippen molar-refractivity contribution in [3.63, 3.8) is 0 Å². The number of hydrogen-bond donors (Lipinski definition) is 1. The minimum absolute atomic E-state index is 0.0551. The number of hydrogen-bond acceptors (Lipinski definition) is 3. The molecule has 0 saturated heterocycles. The first-order valence-corrected chi connectivity index (χ1v) is 8.61. The van der Waals surface area contributed by atoms with Crippen LogP contribution in [0.1, 0.15) is 30.0 Å². The first kappa shape index (κ1) is 15.8. The van der Waals surface area contributed by atoms with E-state index in [-0.39, 0.29) is 12.5 Å². The molecular formula is C20H21N3O2. The van der Waals surface area contributed by atoms with E-state index in [0.717, 1.165) is 24.0 Å². The average molecular weight is 335 g/mol. The van der Waals surface area contributed by atoms with E-state index >= 15 is 0 Å². The highest BCUT2D eigenvalue weighted by Crippen LogP contribution is 2.23. The molecule has 0 bridgehead atoms. The van der Waals surface area contributed by atoms with Crippen molar-refractivity contribution in [2.45, 2.75) is 32.5 Å². The number of aliphatic hydroxyl groups is 1. The summed E-state index contributed by atoms with van der Waals surface area (Å²) in [6.07, 6.45) is 0.165. The van der Waals surface area contributed by atoms with Crippen LogP contribution in [-0.4, -0.2) is 32.0 Å². The van der Waals surface area contributed by atoms with Crippen molar-refractivity contribution in [2.75, 3.05) is 6.54 Å². The van der Waals surface area contributed by atoms with Gasteiger partial charge in [0.2, 0.25) is 5.91 Å². The van der Waals surface area contributed by atoms with Gasteiger partial charge in [0.05, 0.1) is 11.0 Å². The molecule has 5 heteroatoms. The smallest absolute Gasteiger partial charge is 0.242 e. The van der Waals surface area contributed by atoms with Crippen LogP contribution in [0.25, 0.3) is 11.0 Å². The molecule has 1 atom stereocenters. The SMILES string of the molecule is CC(O)c1nc2ccccc2n1CC(=O)N1CCc2ccccc2C1. The first-order valence-electron chi connectivity index (χ1n) is 8.61. The zero-order valence-corrected chi connectivity index (χ0v) is 14.2. The van der Waals surface area contributed by atoms with E-state index < -0.39 is 6.10 Å². The molecular weight excluding hydrogens is 314 g/mol. The lowest BCUT2D eigenvalue weighted by Gasteiger charge is -2.29. The Morgan fingerprint density at radius 3 is 2.68 bits per heavy atom. The van der Waals surface area contributed by atoms with Gasteiger partial charge in [0, 0.05) is 13.1 Å². The molecule has 5 nitrogen and oxygen atoms in total. The Kier molecular flexibility index (Phi) is 4.01. The van der Waals surface area contributed by atoms with Gasteiger partial charge in [0.25, 0.3) is 0 Å². The van der Waals surface area contributed by atoms with Crippen molar-refractivity contribution < 1.29 is 9.90 Å². The zero-order valence-electron chi connectivity index (χ0n) is 14.2. The molecule has 1 amide bonds. The third kappa shape index (κ3) is 2.91. The third-order valence-electron chi connectivity index (χ3n) is 4.83. The molecule has 128 valence electrons. The molecule has 0 saturated carbocycles. The summed E-state index contributed by atoms with van der Waals surface area (Å²) in [5.41, 5.74) is 4.22. The molecule has 25 heavy (non-hydrogen) atoms. The van der Waals surface area contributed by atoms with Crippen LogP contribution in [0.4, 0.5) is 0 Å². The lowest BCUT2D eigenvalue weighted by molar-refractivity contribution is -0.132. The fourth-order valence-corrected chi connectivity index (χ4v) is 3.52. The highest BCUT2D eigenvalue weighted by Gasteiger charge is 2.23. The van der Waals surface area contributed by atoms with Gasteiger partial charge in [-0.15, -0.1) is 0 Å². The van der Waals surface area contributed by atoms with Gasteiger partial charge in [-0.1, -0.05) is 36.4 Å². The Balaban J connectivity index is 1.61. The summed E-state index contributed by atoms with van der Waals surface area (Å²) >= 11 is 0. The number of carbonyl (C=O) groups excluding carboxylic acids is 1. The fraction of sp³-hybridized carbons (Fsp3) is 0.300. The molecule has 0 radical (unpaired) electrons. The van der Waals surface area contributed by atoms with E-state index in [4.69, 9.17) is 0 Å². The lowest BCUT2D eigenvalue weighted by Crippen LogP contribution is -2.38. The van der Waals surface area contributed by atoms with E-state index in [1.54, 1.807) is 6.92 Å². The van der Waals surface area contributed by atoms with Gasteiger partial charge in [-0.25, -0.2) is 4.98 Å². The van der Waals surface area contributed by atoms with E-state index in [0.29, 0.717) is 12.4 Å². The zero-order chi connectivity index (χ0) is 17.4. The number of nitrogens with zero attached hydrogens (tertiary/aromatic N) is 3. The molecule has 2 aromatic carbocycles. The number of amides is 1. The monoisotopic (exact) mass is 335 g/mol. The predicted octanol–water partition coefficient (Wildman–Crippen LogP) is 2.67. The maximum Gasteiger partial charge on any atom is 0.242 e. The molecule has 0 aliphatic carbocycles. The fourth-order valence-electron chi connectivity index (χ4n) is 3.52. The standard InChI is InChI=1S/C20H21N3O2/c1-14(24)20-21-17-8-4-5-9-18(17)23(20)13-19(25)22-11-10-15-6-2-3-7-16(15)12-22/h2-9,14,24H,10-13H2,1H3. The second-order valence-electron chi connectivity index (χ2n) is 6.55. The van der Waals surface area contributed by atoms with Crippen LogP contribution in [0, 0.1) is 0 Å². The van der Waals surface area contributed by atoms with Gasteiger partial charge in [0.15, 0.2) is 0 Å². The Hall–Kier alpha value is -2.66. The van der Waals surface area contributed by atoms with Gasteiger partial charge >= 0.3 is 0 Å². The molecule has 1 aliphatic heterocycles. The van der Waals surface area contributed by atoms with Gasteiger partial charge < -0.3 is 14.6 Å². The van der Waals surface area contributed by atoms with Crippen LogP contribution in [0.5, 0.6) is 0 Å². The summed E-state index contributed by atoms with van der Waals surface area (Å²) < 4.78 is 1.84. The van der Waals surface area contributed by atoms with E-state index in [2.05, 4.69) is 17.1 Å². The first-order chi connectivity index (χ1) is 12.1. The van der Waals surface area contributed by atoms with Crippen molar-refractivity contribution in [1.82, 2.24) is 14.5 Å². The minimum Gasteiger partial charge on any atom is -0.385 e. The predicted molar refractivity (Wildman–Crippen MR) is 95.9 cm³/mol. The second kappa shape index (κ2) is 6.33. The highest BCUT2D eigenvalue weighted by molar-refractivity contribution is 5.81. The average Bonchev–Trinajstić information content (AvgIpc) is 3.00. The summed E-state index contributed by atoms with van der Waals surface area (Å²) in [6.45, 7) is 3.25. The van der Waals surface area contributed by atoms with Crippen LogP contribution >= 0.6 is 0 Å². The lowest BCUT2D eigenvalue weighted by atomic mass is 10.00. The number of imidazole rings is 1. The Morgan fingerprint density at radius 2 is 1.88 bits per heavy atom. The van der Waals surface area contributed by atoms with Crippen molar-refractivity contribution in [3.05, 3.63) is 65.5 Å². The number of carbonyl (C=O) groups is 1. The molecule has 1 unspecified atom stereocenters. The van der Waals surface area contributed by atoms with Gasteiger partial charge in [-0.2, -0.15) is 0 Å². The minimum atomic E-state index is -0.720. The maximum atomic E-state index is 12.9. The molecule has 4 rings (SSSR count). The largest absolute Gasteiger partial charge is 0.385 e. The second-order valence-corrected chi connectivity index (χ2v) is 6.55. The van der Waals surface area contributed by atoms with E-state index in [1.807, 2.05) is 45.9 Å². The number of fused-ring (bicyclic) bond motifs is 2. The summed E-state index contributed by atoms with van der Waals surface area (Å²) in [6, 6.07) is 16.0. The van der Waals surface area contributed by atoms with Crippen molar-refractivity contribution in [3.8, 4) is 0 Å². The summed E-state index contributed by atoms with van der Waals surface area (Å²) in [4.78, 5) is 19.3. The van der Waals surface area contributed by atoms with Crippen LogP contribution in [0.3, 0.4) is 0 Å². The summed E-state index contributed by atoms with van der Waals surface area (Å²) in [5, 5.41) is 10.1. The quantitative estimate of drug-likeness (QED) is 0.800. The Labute approximate surface area is 146 Å². The normalized spacial score (nSPS) is 15.2. The maximum absolute atomic E-state index is 12.9. The van der Waals surface area contributed by atoms with Crippen molar-refractivity contribution >= 4 is 16.9 Å². The van der Waals surface area contributed by atoms with Gasteiger partial charge in [-0.3, -0.25) is 4.79 Å². The van der Waals surface area contributed by atoms with Crippen LogP contribution in [-0.2, 0) is 24.3 Å². The van der Waals surface area contributed by atoms with Crippen LogP contribution < -0.4 is 0 Å². The van der Waals surface area contributed by atoms with Crippen LogP contribution in [0.15, 0.2) is 48.5 Å². The summed E-state index contributed by atoms with van der Waals surface area (Å²) in [5.74, 6) is 0.589. The topological polar surface area (TPSA) is 58.4 Å². The molecule has 2 heterocycles.